The second-order valence-corrected chi connectivity index (χ2v) is 7.24. The van der Waals surface area contributed by atoms with Gasteiger partial charge >= 0.3 is 0 Å². The zero-order valence-electron chi connectivity index (χ0n) is 13.9. The number of thiophene rings is 1. The molecule has 1 atom stereocenters. The molecule has 2 nitrogen and oxygen atoms in total. The molecular formula is C18H31NOS. The maximum absolute atomic E-state index is 6.34. The fraction of sp³-hybridized carbons (Fsp3) is 0.778. The van der Waals surface area contributed by atoms with Crippen LogP contribution in [0, 0.1) is 5.92 Å². The minimum atomic E-state index is 0.0628. The molecule has 1 unspecified atom stereocenters. The maximum Gasteiger partial charge on any atom is 0.0834 e. The third-order valence-corrected chi connectivity index (χ3v) is 5.67. The number of ether oxygens (including phenoxy) is 1. The van der Waals surface area contributed by atoms with Crippen LogP contribution < -0.4 is 5.32 Å². The Morgan fingerprint density at radius 2 is 2.14 bits per heavy atom. The van der Waals surface area contributed by atoms with E-state index in [1.807, 2.05) is 0 Å². The molecule has 0 amide bonds. The molecule has 0 spiro atoms. The van der Waals surface area contributed by atoms with Crippen LogP contribution in [0.4, 0.5) is 0 Å². The zero-order chi connectivity index (χ0) is 15.1. The summed E-state index contributed by atoms with van der Waals surface area (Å²) in [5.74, 6) is 0.859. The van der Waals surface area contributed by atoms with Crippen LogP contribution in [0.25, 0.3) is 0 Å². The maximum atomic E-state index is 6.34. The Labute approximate surface area is 134 Å². The minimum absolute atomic E-state index is 0.0628. The molecule has 21 heavy (non-hydrogen) atoms. The first kappa shape index (κ1) is 17.0. The monoisotopic (exact) mass is 309 g/mol. The predicted octanol–water partition coefficient (Wildman–Crippen LogP) is 4.64. The molecule has 1 aliphatic carbocycles. The summed E-state index contributed by atoms with van der Waals surface area (Å²) in [6, 6.07) is 2.74. The van der Waals surface area contributed by atoms with Crippen molar-refractivity contribution >= 4 is 11.3 Å². The highest BCUT2D eigenvalue weighted by molar-refractivity contribution is 7.07. The summed E-state index contributed by atoms with van der Waals surface area (Å²) in [5.41, 5.74) is 1.53. The van der Waals surface area contributed by atoms with Gasteiger partial charge in [0.15, 0.2) is 0 Å². The number of hydrogen-bond donors (Lipinski definition) is 1. The van der Waals surface area contributed by atoms with Gasteiger partial charge < -0.3 is 10.1 Å². The molecule has 3 heteroatoms. The Morgan fingerprint density at radius 1 is 1.38 bits per heavy atom. The largest absolute Gasteiger partial charge is 0.374 e. The highest BCUT2D eigenvalue weighted by Crippen LogP contribution is 2.38. The highest BCUT2D eigenvalue weighted by Gasteiger charge is 2.41. The average Bonchev–Trinajstić information content (AvgIpc) is 3.00. The molecule has 1 aliphatic rings. The van der Waals surface area contributed by atoms with Crippen molar-refractivity contribution in [2.75, 3.05) is 13.2 Å². The molecule has 1 N–H and O–H groups in total. The van der Waals surface area contributed by atoms with E-state index in [-0.39, 0.29) is 5.60 Å². The molecule has 0 aliphatic heterocycles. The van der Waals surface area contributed by atoms with Gasteiger partial charge in [0.1, 0.15) is 0 Å². The van der Waals surface area contributed by atoms with E-state index < -0.39 is 0 Å². The van der Waals surface area contributed by atoms with Crippen molar-refractivity contribution in [2.24, 2.45) is 5.92 Å². The molecule has 0 radical (unpaired) electrons. The van der Waals surface area contributed by atoms with Crippen molar-refractivity contribution in [1.82, 2.24) is 5.32 Å². The van der Waals surface area contributed by atoms with E-state index in [1.54, 1.807) is 11.3 Å². The van der Waals surface area contributed by atoms with Gasteiger partial charge in [-0.2, -0.15) is 11.3 Å². The minimum Gasteiger partial charge on any atom is -0.374 e. The smallest absolute Gasteiger partial charge is 0.0834 e. The number of hydrogen-bond acceptors (Lipinski definition) is 3. The van der Waals surface area contributed by atoms with Crippen molar-refractivity contribution < 1.29 is 4.74 Å². The molecule has 0 saturated heterocycles. The quantitative estimate of drug-likeness (QED) is 0.755. The first-order valence-electron chi connectivity index (χ1n) is 8.58. The van der Waals surface area contributed by atoms with Crippen molar-refractivity contribution in [3.63, 3.8) is 0 Å². The van der Waals surface area contributed by atoms with Crippen LogP contribution >= 0.6 is 11.3 Å². The van der Waals surface area contributed by atoms with Crippen molar-refractivity contribution in [1.29, 1.82) is 0 Å². The molecule has 1 fully saturated rings. The van der Waals surface area contributed by atoms with Gasteiger partial charge in [-0.25, -0.2) is 0 Å². The Kier molecular flexibility index (Phi) is 6.72. The van der Waals surface area contributed by atoms with E-state index in [2.05, 4.69) is 42.9 Å². The highest BCUT2D eigenvalue weighted by atomic mass is 32.1. The van der Waals surface area contributed by atoms with Crippen molar-refractivity contribution in [2.45, 2.75) is 70.9 Å². The lowest BCUT2D eigenvalue weighted by molar-refractivity contribution is -0.0973. The zero-order valence-corrected chi connectivity index (χ0v) is 14.7. The lowest BCUT2D eigenvalue weighted by Crippen LogP contribution is -2.54. The fourth-order valence-electron chi connectivity index (χ4n) is 3.68. The SMILES string of the molecule is CCNC(CCc1ccsc1)C1(OCC)CCC(C)CC1. The van der Waals surface area contributed by atoms with Gasteiger partial charge in [-0.3, -0.25) is 0 Å². The molecule has 2 rings (SSSR count). The van der Waals surface area contributed by atoms with E-state index in [1.165, 1.54) is 37.7 Å². The van der Waals surface area contributed by atoms with Gasteiger partial charge in [-0.15, -0.1) is 0 Å². The van der Waals surface area contributed by atoms with Gasteiger partial charge in [-0.1, -0.05) is 13.8 Å². The number of nitrogens with one attached hydrogen (secondary N) is 1. The summed E-state index contributed by atoms with van der Waals surface area (Å²) in [5, 5.41) is 8.19. The van der Waals surface area contributed by atoms with Crippen LogP contribution in [0.3, 0.4) is 0 Å². The van der Waals surface area contributed by atoms with Gasteiger partial charge in [0.2, 0.25) is 0 Å². The fourth-order valence-corrected chi connectivity index (χ4v) is 4.38. The third kappa shape index (κ3) is 4.54. The Bertz CT molecular complexity index is 382. The number of rotatable bonds is 8. The lowest BCUT2D eigenvalue weighted by atomic mass is 9.74. The van der Waals surface area contributed by atoms with E-state index in [4.69, 9.17) is 4.74 Å². The van der Waals surface area contributed by atoms with Gasteiger partial charge in [-0.05, 0) is 80.3 Å². The summed E-state index contributed by atoms with van der Waals surface area (Å²) < 4.78 is 6.34. The van der Waals surface area contributed by atoms with Gasteiger partial charge in [0.25, 0.3) is 0 Å². The van der Waals surface area contributed by atoms with E-state index >= 15 is 0 Å². The Hall–Kier alpha value is -0.380. The summed E-state index contributed by atoms with van der Waals surface area (Å²) in [4.78, 5) is 0. The van der Waals surface area contributed by atoms with Gasteiger partial charge in [0.05, 0.1) is 5.60 Å². The second kappa shape index (κ2) is 8.30. The summed E-state index contributed by atoms with van der Waals surface area (Å²) in [6.45, 7) is 8.58. The number of likely N-dealkylation sites (N-methyl/N-ethyl adjacent to an activating group) is 1. The molecule has 1 saturated carbocycles. The Balaban J connectivity index is 2.04. The van der Waals surface area contributed by atoms with Crippen molar-refractivity contribution in [3.05, 3.63) is 22.4 Å². The summed E-state index contributed by atoms with van der Waals surface area (Å²) >= 11 is 1.80. The van der Waals surface area contributed by atoms with E-state index in [9.17, 15) is 0 Å². The normalized spacial score (nSPS) is 27.7. The second-order valence-electron chi connectivity index (χ2n) is 6.46. The predicted molar refractivity (Wildman–Crippen MR) is 92.1 cm³/mol. The van der Waals surface area contributed by atoms with Crippen LogP contribution in [0.15, 0.2) is 16.8 Å². The molecular weight excluding hydrogens is 278 g/mol. The molecule has 1 aromatic heterocycles. The van der Waals surface area contributed by atoms with Crippen LogP contribution in [-0.2, 0) is 11.2 Å². The lowest BCUT2D eigenvalue weighted by Gasteiger charge is -2.45. The van der Waals surface area contributed by atoms with Gasteiger partial charge in [0, 0.05) is 12.6 Å². The molecule has 0 bridgehead atoms. The number of aryl methyl sites for hydroxylation is 1. The topological polar surface area (TPSA) is 21.3 Å². The van der Waals surface area contributed by atoms with Crippen molar-refractivity contribution in [3.8, 4) is 0 Å². The molecule has 1 heterocycles. The first-order valence-corrected chi connectivity index (χ1v) is 9.53. The van der Waals surface area contributed by atoms with E-state index in [0.717, 1.165) is 25.5 Å². The molecule has 1 aromatic rings. The third-order valence-electron chi connectivity index (χ3n) is 4.94. The van der Waals surface area contributed by atoms with Crippen LogP contribution in [0.2, 0.25) is 0 Å². The van der Waals surface area contributed by atoms with E-state index in [0.29, 0.717) is 6.04 Å². The summed E-state index contributed by atoms with van der Waals surface area (Å²) in [7, 11) is 0. The summed E-state index contributed by atoms with van der Waals surface area (Å²) in [6.07, 6.45) is 7.37. The molecule has 0 aromatic carbocycles. The molecule has 120 valence electrons. The van der Waals surface area contributed by atoms with Crippen LogP contribution in [-0.4, -0.2) is 24.8 Å². The van der Waals surface area contributed by atoms with Crippen LogP contribution in [0.1, 0.15) is 58.4 Å². The van der Waals surface area contributed by atoms with Crippen LogP contribution in [0.5, 0.6) is 0 Å². The Morgan fingerprint density at radius 3 is 2.71 bits per heavy atom. The standard InChI is InChI=1S/C18H31NOS/c1-4-19-17(7-6-16-10-13-21-14-16)18(20-5-2)11-8-15(3)9-12-18/h10,13-15,17,19H,4-9,11-12H2,1-3H3. The first-order chi connectivity index (χ1) is 10.2. The average molecular weight is 310 g/mol.